The standard InChI is InChI=1S/C24H26NO5PS/c1-4-13-29-24(27)22-15-19-14-18(11-12-21(19)32-22)16-31(25-17(3)23(26)28-5-2)30-20-9-7-6-8-10-20/h4,6-12,14-15,17,25H,1,5,13,16H2,2-3H3. The van der Waals surface area contributed by atoms with E-state index in [2.05, 4.69) is 11.7 Å². The molecule has 0 aliphatic heterocycles. The predicted octanol–water partition coefficient (Wildman–Crippen LogP) is 5.68. The van der Waals surface area contributed by atoms with Gasteiger partial charge in [-0.3, -0.25) is 9.88 Å². The molecule has 168 valence electrons. The Morgan fingerprint density at radius 1 is 1.16 bits per heavy atom. The lowest BCUT2D eigenvalue weighted by atomic mass is 10.2. The van der Waals surface area contributed by atoms with Crippen LogP contribution in [-0.2, 0) is 20.4 Å². The molecule has 1 N–H and O–H groups in total. The Morgan fingerprint density at radius 3 is 2.66 bits per heavy atom. The van der Waals surface area contributed by atoms with Gasteiger partial charge in [0.15, 0.2) is 8.30 Å². The van der Waals surface area contributed by atoms with Crippen molar-refractivity contribution in [2.45, 2.75) is 26.1 Å². The van der Waals surface area contributed by atoms with Crippen LogP contribution in [0.2, 0.25) is 0 Å². The second-order valence-corrected chi connectivity index (χ2v) is 9.51. The fourth-order valence-electron chi connectivity index (χ4n) is 2.91. The Hall–Kier alpha value is -2.73. The molecule has 1 heterocycles. The highest BCUT2D eigenvalue weighted by Crippen LogP contribution is 2.39. The largest absolute Gasteiger partial charge is 0.465 e. The van der Waals surface area contributed by atoms with Gasteiger partial charge in [0, 0.05) is 10.9 Å². The SMILES string of the molecule is C=CCOC(=O)c1cc2cc(CP(NC(C)C(=O)OCC)Oc3ccccc3)ccc2s1. The van der Waals surface area contributed by atoms with E-state index in [-0.39, 0.29) is 18.5 Å². The minimum Gasteiger partial charge on any atom is -0.465 e. The van der Waals surface area contributed by atoms with Gasteiger partial charge in [-0.1, -0.05) is 36.9 Å². The quantitative estimate of drug-likeness (QED) is 0.220. The topological polar surface area (TPSA) is 73.9 Å². The fourth-order valence-corrected chi connectivity index (χ4v) is 5.50. The third kappa shape index (κ3) is 6.63. The molecule has 0 spiro atoms. The number of hydrogen-bond donors (Lipinski definition) is 1. The second kappa shape index (κ2) is 11.8. The van der Waals surface area contributed by atoms with E-state index in [4.69, 9.17) is 14.0 Å². The van der Waals surface area contributed by atoms with Crippen LogP contribution in [0.1, 0.15) is 29.1 Å². The molecule has 0 aliphatic carbocycles. The minimum atomic E-state index is -1.22. The number of para-hydroxylation sites is 1. The third-order valence-electron chi connectivity index (χ3n) is 4.38. The van der Waals surface area contributed by atoms with Crippen LogP contribution in [0.5, 0.6) is 5.75 Å². The maximum absolute atomic E-state index is 12.1. The molecule has 2 aromatic carbocycles. The fraction of sp³-hybridized carbons (Fsp3) is 0.250. The molecule has 6 nitrogen and oxygen atoms in total. The first-order chi connectivity index (χ1) is 15.5. The van der Waals surface area contributed by atoms with Crippen molar-refractivity contribution in [2.24, 2.45) is 0 Å². The molecule has 3 rings (SSSR count). The van der Waals surface area contributed by atoms with Gasteiger partial charge in [-0.2, -0.15) is 0 Å². The first-order valence-electron chi connectivity index (χ1n) is 10.2. The Balaban J connectivity index is 1.78. The van der Waals surface area contributed by atoms with Crippen LogP contribution in [0.25, 0.3) is 10.1 Å². The van der Waals surface area contributed by atoms with Gasteiger partial charge in [0.2, 0.25) is 0 Å². The summed E-state index contributed by atoms with van der Waals surface area (Å²) >= 11 is 1.39. The number of benzene rings is 2. The summed E-state index contributed by atoms with van der Waals surface area (Å²) in [7, 11) is -1.22. The van der Waals surface area contributed by atoms with Crippen molar-refractivity contribution < 1.29 is 23.6 Å². The van der Waals surface area contributed by atoms with Gasteiger partial charge >= 0.3 is 11.9 Å². The molecule has 0 aliphatic rings. The number of thiophene rings is 1. The van der Waals surface area contributed by atoms with Gasteiger partial charge in [-0.05, 0) is 55.1 Å². The van der Waals surface area contributed by atoms with E-state index in [0.29, 0.717) is 17.6 Å². The molecule has 32 heavy (non-hydrogen) atoms. The molecule has 0 saturated heterocycles. The molecule has 1 aromatic heterocycles. The number of ether oxygens (including phenoxy) is 2. The van der Waals surface area contributed by atoms with Crippen molar-refractivity contribution in [3.8, 4) is 5.75 Å². The summed E-state index contributed by atoms with van der Waals surface area (Å²) in [5.41, 5.74) is 1.03. The summed E-state index contributed by atoms with van der Waals surface area (Å²) in [6.45, 7) is 7.63. The Bertz CT molecular complexity index is 1070. The summed E-state index contributed by atoms with van der Waals surface area (Å²) in [6.07, 6.45) is 2.12. The van der Waals surface area contributed by atoms with Crippen LogP contribution in [0.4, 0.5) is 0 Å². The summed E-state index contributed by atoms with van der Waals surface area (Å²) in [4.78, 5) is 24.8. The zero-order valence-corrected chi connectivity index (χ0v) is 19.8. The van der Waals surface area contributed by atoms with E-state index < -0.39 is 14.3 Å². The van der Waals surface area contributed by atoms with Crippen LogP contribution in [0.15, 0.2) is 67.3 Å². The molecule has 8 heteroatoms. The lowest BCUT2D eigenvalue weighted by molar-refractivity contribution is -0.144. The molecule has 2 atom stereocenters. The maximum Gasteiger partial charge on any atom is 0.348 e. The monoisotopic (exact) mass is 471 g/mol. The van der Waals surface area contributed by atoms with E-state index in [1.807, 2.05) is 54.6 Å². The highest BCUT2D eigenvalue weighted by molar-refractivity contribution is 7.50. The Labute approximate surface area is 193 Å². The van der Waals surface area contributed by atoms with Crippen LogP contribution in [-0.4, -0.2) is 31.2 Å². The number of nitrogens with one attached hydrogen (secondary N) is 1. The van der Waals surface area contributed by atoms with E-state index in [1.54, 1.807) is 19.9 Å². The molecule has 3 aromatic rings. The van der Waals surface area contributed by atoms with Gasteiger partial charge < -0.3 is 14.0 Å². The number of esters is 2. The van der Waals surface area contributed by atoms with Crippen molar-refractivity contribution in [3.05, 3.63) is 77.7 Å². The molecule has 0 fully saturated rings. The average molecular weight is 472 g/mol. The Morgan fingerprint density at radius 2 is 1.94 bits per heavy atom. The number of carbonyl (C=O) groups is 2. The number of carbonyl (C=O) groups excluding carboxylic acids is 2. The number of hydrogen-bond acceptors (Lipinski definition) is 7. The number of fused-ring (bicyclic) bond motifs is 1. The third-order valence-corrected chi connectivity index (χ3v) is 7.23. The molecule has 0 saturated carbocycles. The highest BCUT2D eigenvalue weighted by atomic mass is 32.1. The molecule has 0 amide bonds. The predicted molar refractivity (Wildman–Crippen MR) is 129 cm³/mol. The molecular formula is C24H26NO5PS. The smallest absolute Gasteiger partial charge is 0.348 e. The lowest BCUT2D eigenvalue weighted by Gasteiger charge is -2.23. The van der Waals surface area contributed by atoms with Gasteiger partial charge in [0.1, 0.15) is 23.3 Å². The van der Waals surface area contributed by atoms with Crippen molar-refractivity contribution in [1.82, 2.24) is 5.09 Å². The lowest BCUT2D eigenvalue weighted by Crippen LogP contribution is -2.33. The summed E-state index contributed by atoms with van der Waals surface area (Å²) in [5.74, 6) is 0.0610. The maximum atomic E-state index is 12.1. The van der Waals surface area contributed by atoms with E-state index in [0.717, 1.165) is 21.4 Å². The summed E-state index contributed by atoms with van der Waals surface area (Å²) < 4.78 is 17.4. The van der Waals surface area contributed by atoms with Crippen LogP contribution in [0, 0.1) is 0 Å². The first kappa shape index (κ1) is 23.9. The number of rotatable bonds is 11. The summed E-state index contributed by atoms with van der Waals surface area (Å²) in [6, 6.07) is 16.9. The van der Waals surface area contributed by atoms with Crippen LogP contribution < -0.4 is 9.61 Å². The van der Waals surface area contributed by atoms with E-state index in [9.17, 15) is 9.59 Å². The van der Waals surface area contributed by atoms with Gasteiger partial charge in [-0.15, -0.1) is 11.3 Å². The van der Waals surface area contributed by atoms with Gasteiger partial charge in [-0.25, -0.2) is 4.79 Å². The second-order valence-electron chi connectivity index (χ2n) is 6.91. The average Bonchev–Trinajstić information content (AvgIpc) is 3.22. The molecule has 0 radical (unpaired) electrons. The Kier molecular flexibility index (Phi) is 8.80. The molecule has 2 unspecified atom stereocenters. The zero-order valence-electron chi connectivity index (χ0n) is 18.1. The van der Waals surface area contributed by atoms with E-state index >= 15 is 0 Å². The summed E-state index contributed by atoms with van der Waals surface area (Å²) in [5, 5.41) is 4.24. The highest BCUT2D eigenvalue weighted by Gasteiger charge is 2.22. The van der Waals surface area contributed by atoms with E-state index in [1.165, 1.54) is 11.3 Å². The van der Waals surface area contributed by atoms with Crippen molar-refractivity contribution in [3.63, 3.8) is 0 Å². The zero-order chi connectivity index (χ0) is 22.9. The van der Waals surface area contributed by atoms with Crippen molar-refractivity contribution >= 4 is 41.7 Å². The van der Waals surface area contributed by atoms with Gasteiger partial charge in [0.25, 0.3) is 0 Å². The molecule has 0 bridgehead atoms. The first-order valence-corrected chi connectivity index (χ1v) is 12.5. The normalized spacial score (nSPS) is 12.7. The van der Waals surface area contributed by atoms with Crippen LogP contribution in [0.3, 0.4) is 0 Å². The van der Waals surface area contributed by atoms with Crippen molar-refractivity contribution in [2.75, 3.05) is 13.2 Å². The molecular weight excluding hydrogens is 445 g/mol. The van der Waals surface area contributed by atoms with Gasteiger partial charge in [0.05, 0.1) is 6.61 Å². The minimum absolute atomic E-state index is 0.184. The van der Waals surface area contributed by atoms with Crippen molar-refractivity contribution in [1.29, 1.82) is 0 Å². The van der Waals surface area contributed by atoms with Crippen LogP contribution >= 0.6 is 19.6 Å².